The summed E-state index contributed by atoms with van der Waals surface area (Å²) in [5.41, 5.74) is 1.11. The molecule has 1 unspecified atom stereocenters. The van der Waals surface area contributed by atoms with Gasteiger partial charge in [-0.1, -0.05) is 38.3 Å². The molecule has 19 heavy (non-hydrogen) atoms. The van der Waals surface area contributed by atoms with E-state index in [1.165, 1.54) is 19.3 Å². The highest BCUT2D eigenvalue weighted by Gasteiger charge is 2.11. The lowest BCUT2D eigenvalue weighted by atomic mass is 10.1. The first-order chi connectivity index (χ1) is 9.19. The van der Waals surface area contributed by atoms with Gasteiger partial charge >= 0.3 is 0 Å². The fourth-order valence-corrected chi connectivity index (χ4v) is 2.25. The van der Waals surface area contributed by atoms with Crippen molar-refractivity contribution in [3.63, 3.8) is 0 Å². The predicted octanol–water partition coefficient (Wildman–Crippen LogP) is 4.82. The summed E-state index contributed by atoms with van der Waals surface area (Å²) < 4.78 is 11.3. The van der Waals surface area contributed by atoms with E-state index < -0.39 is 0 Å². The molecule has 1 atom stereocenters. The number of alkyl halides is 1. The third-order valence-corrected chi connectivity index (χ3v) is 3.18. The molecule has 0 bridgehead atoms. The molecule has 0 amide bonds. The van der Waals surface area contributed by atoms with E-state index in [1.807, 2.05) is 25.1 Å². The average Bonchev–Trinajstić information content (AvgIpc) is 2.38. The molecule has 0 fully saturated rings. The van der Waals surface area contributed by atoms with Crippen LogP contribution in [0.1, 0.15) is 45.1 Å². The average molecular weight is 285 g/mol. The Balaban J connectivity index is 2.61. The molecule has 1 aromatic carbocycles. The number of rotatable bonds is 9. The smallest absolute Gasteiger partial charge is 0.163 e. The monoisotopic (exact) mass is 284 g/mol. The molecular weight excluding hydrogens is 260 g/mol. The van der Waals surface area contributed by atoms with Crippen molar-refractivity contribution < 1.29 is 9.47 Å². The zero-order chi connectivity index (χ0) is 14.1. The van der Waals surface area contributed by atoms with E-state index in [-0.39, 0.29) is 5.38 Å². The first-order valence-electron chi connectivity index (χ1n) is 7.11. The maximum atomic E-state index is 6.06. The van der Waals surface area contributed by atoms with Gasteiger partial charge in [-0.25, -0.2) is 0 Å². The maximum absolute atomic E-state index is 6.06. The Kier molecular flexibility index (Phi) is 7.73. The Morgan fingerprint density at radius 2 is 2.00 bits per heavy atom. The molecular formula is C16H25ClO2. The van der Waals surface area contributed by atoms with Gasteiger partial charge in [-0.2, -0.15) is 0 Å². The van der Waals surface area contributed by atoms with Crippen LogP contribution < -0.4 is 9.47 Å². The maximum Gasteiger partial charge on any atom is 0.163 e. The Hall–Kier alpha value is -0.890. The molecule has 1 aromatic rings. The summed E-state index contributed by atoms with van der Waals surface area (Å²) in [6.45, 7) is 4.94. The molecule has 108 valence electrons. The number of para-hydroxylation sites is 1. The van der Waals surface area contributed by atoms with Crippen LogP contribution in [0.25, 0.3) is 0 Å². The Morgan fingerprint density at radius 1 is 1.21 bits per heavy atom. The van der Waals surface area contributed by atoms with Crippen molar-refractivity contribution in [2.24, 2.45) is 0 Å². The van der Waals surface area contributed by atoms with E-state index in [0.717, 1.165) is 36.5 Å². The molecule has 2 nitrogen and oxygen atoms in total. The molecule has 0 spiro atoms. The summed E-state index contributed by atoms with van der Waals surface area (Å²) in [4.78, 5) is 0. The van der Waals surface area contributed by atoms with Crippen LogP contribution in [0.2, 0.25) is 0 Å². The predicted molar refractivity (Wildman–Crippen MR) is 81.7 cm³/mol. The van der Waals surface area contributed by atoms with Crippen molar-refractivity contribution in [2.75, 3.05) is 13.7 Å². The minimum absolute atomic E-state index is 0.0914. The number of hydrogen-bond donors (Lipinski definition) is 0. The van der Waals surface area contributed by atoms with Crippen molar-refractivity contribution in [1.29, 1.82) is 0 Å². The Labute approximate surface area is 122 Å². The molecule has 0 radical (unpaired) electrons. The molecule has 0 saturated heterocycles. The van der Waals surface area contributed by atoms with E-state index in [1.54, 1.807) is 7.11 Å². The number of methoxy groups -OCH3 is 1. The highest BCUT2D eigenvalue weighted by Crippen LogP contribution is 2.32. The van der Waals surface area contributed by atoms with Crippen molar-refractivity contribution in [1.82, 2.24) is 0 Å². The highest BCUT2D eigenvalue weighted by atomic mass is 35.5. The zero-order valence-corrected chi connectivity index (χ0v) is 13.0. The first-order valence-corrected chi connectivity index (χ1v) is 7.55. The van der Waals surface area contributed by atoms with Crippen LogP contribution in [0, 0.1) is 0 Å². The number of hydrogen-bond acceptors (Lipinski definition) is 2. The van der Waals surface area contributed by atoms with Crippen LogP contribution in [0.5, 0.6) is 11.5 Å². The van der Waals surface area contributed by atoms with Gasteiger partial charge < -0.3 is 9.47 Å². The summed E-state index contributed by atoms with van der Waals surface area (Å²) in [5.74, 6) is 1.65. The standard InChI is InChI=1S/C16H25ClO2/c1-4-5-6-7-11-19-15-10-8-9-14(12-13(2)17)16(15)18-3/h8-10,13H,4-7,11-12H2,1-3H3. The first kappa shape index (κ1) is 16.2. The summed E-state index contributed by atoms with van der Waals surface area (Å²) in [6.07, 6.45) is 5.61. The normalized spacial score (nSPS) is 12.2. The van der Waals surface area contributed by atoms with Gasteiger partial charge in [0.15, 0.2) is 11.5 Å². The van der Waals surface area contributed by atoms with E-state index in [9.17, 15) is 0 Å². The third-order valence-electron chi connectivity index (χ3n) is 3.02. The third kappa shape index (κ3) is 5.73. The molecule has 0 aliphatic carbocycles. The zero-order valence-electron chi connectivity index (χ0n) is 12.2. The minimum Gasteiger partial charge on any atom is -0.493 e. The number of halogens is 1. The quantitative estimate of drug-likeness (QED) is 0.478. The van der Waals surface area contributed by atoms with Crippen LogP contribution in [-0.4, -0.2) is 19.1 Å². The topological polar surface area (TPSA) is 18.5 Å². The number of unbranched alkanes of at least 4 members (excludes halogenated alkanes) is 3. The van der Waals surface area contributed by atoms with Gasteiger partial charge in [-0.05, 0) is 31.4 Å². The molecule has 1 rings (SSSR count). The van der Waals surface area contributed by atoms with Crippen molar-refractivity contribution in [3.05, 3.63) is 23.8 Å². The van der Waals surface area contributed by atoms with E-state index >= 15 is 0 Å². The minimum atomic E-state index is 0.0914. The van der Waals surface area contributed by atoms with Gasteiger partial charge in [0, 0.05) is 5.38 Å². The lowest BCUT2D eigenvalue weighted by molar-refractivity contribution is 0.284. The van der Waals surface area contributed by atoms with Crippen molar-refractivity contribution in [2.45, 2.75) is 51.3 Å². The van der Waals surface area contributed by atoms with Gasteiger partial charge in [0.05, 0.1) is 13.7 Å². The number of ether oxygens (including phenoxy) is 2. The fourth-order valence-electron chi connectivity index (χ4n) is 2.08. The second-order valence-electron chi connectivity index (χ2n) is 4.84. The molecule has 0 aliphatic rings. The fraction of sp³-hybridized carbons (Fsp3) is 0.625. The van der Waals surface area contributed by atoms with Crippen LogP contribution >= 0.6 is 11.6 Å². The molecule has 0 saturated carbocycles. The van der Waals surface area contributed by atoms with Gasteiger partial charge in [0.1, 0.15) is 0 Å². The van der Waals surface area contributed by atoms with Crippen LogP contribution in [0.3, 0.4) is 0 Å². The van der Waals surface area contributed by atoms with Gasteiger partial charge in [-0.3, -0.25) is 0 Å². The second kappa shape index (κ2) is 9.08. The summed E-state index contributed by atoms with van der Waals surface area (Å²) in [5, 5.41) is 0.0914. The molecule has 0 aromatic heterocycles. The molecule has 0 aliphatic heterocycles. The second-order valence-corrected chi connectivity index (χ2v) is 5.59. The molecule has 0 heterocycles. The summed E-state index contributed by atoms with van der Waals surface area (Å²) in [6, 6.07) is 6.00. The van der Waals surface area contributed by atoms with Crippen molar-refractivity contribution in [3.8, 4) is 11.5 Å². The largest absolute Gasteiger partial charge is 0.493 e. The van der Waals surface area contributed by atoms with Gasteiger partial charge in [-0.15, -0.1) is 11.6 Å². The Morgan fingerprint density at radius 3 is 2.63 bits per heavy atom. The SMILES string of the molecule is CCCCCCOc1cccc(CC(C)Cl)c1OC. The summed E-state index contributed by atoms with van der Waals surface area (Å²) >= 11 is 6.06. The van der Waals surface area contributed by atoms with Gasteiger partial charge in [0.25, 0.3) is 0 Å². The summed E-state index contributed by atoms with van der Waals surface area (Å²) in [7, 11) is 1.68. The number of benzene rings is 1. The van der Waals surface area contributed by atoms with E-state index in [2.05, 4.69) is 6.92 Å². The lowest BCUT2D eigenvalue weighted by Gasteiger charge is -2.15. The lowest BCUT2D eigenvalue weighted by Crippen LogP contribution is -2.04. The van der Waals surface area contributed by atoms with Crippen LogP contribution in [0.4, 0.5) is 0 Å². The molecule has 3 heteroatoms. The highest BCUT2D eigenvalue weighted by molar-refractivity contribution is 6.20. The van der Waals surface area contributed by atoms with Crippen LogP contribution in [-0.2, 0) is 6.42 Å². The Bertz CT molecular complexity index is 364. The van der Waals surface area contributed by atoms with Crippen LogP contribution in [0.15, 0.2) is 18.2 Å². The van der Waals surface area contributed by atoms with Gasteiger partial charge in [0.2, 0.25) is 0 Å². The molecule has 0 N–H and O–H groups in total. The van der Waals surface area contributed by atoms with E-state index in [4.69, 9.17) is 21.1 Å². The van der Waals surface area contributed by atoms with Crippen molar-refractivity contribution >= 4 is 11.6 Å². The van der Waals surface area contributed by atoms with E-state index in [0.29, 0.717) is 0 Å².